The van der Waals surface area contributed by atoms with Crippen molar-refractivity contribution < 1.29 is 30.8 Å². The van der Waals surface area contributed by atoms with Crippen LogP contribution in [-0.4, -0.2) is 20.9 Å². The number of hydrogen-bond acceptors (Lipinski definition) is 4. The summed E-state index contributed by atoms with van der Waals surface area (Å²) in [6.45, 7) is -0.682. The second kappa shape index (κ2) is 6.87. The first-order chi connectivity index (χ1) is 11.1. The first-order valence-electron chi connectivity index (χ1n) is 6.29. The maximum absolute atomic E-state index is 13.1. The van der Waals surface area contributed by atoms with E-state index in [2.05, 4.69) is 5.32 Å². The number of hydrogen-bond donors (Lipinski definition) is 2. The summed E-state index contributed by atoms with van der Waals surface area (Å²) in [7, 11) is -3.87. The van der Waals surface area contributed by atoms with Crippen molar-refractivity contribution in [1.29, 1.82) is 0 Å². The van der Waals surface area contributed by atoms with E-state index in [0.717, 1.165) is 17.4 Å². The first kappa shape index (κ1) is 18.4. The third-order valence-corrected chi connectivity index (χ3v) is 5.54. The van der Waals surface area contributed by atoms with Crippen molar-refractivity contribution in [3.63, 3.8) is 0 Å². The highest BCUT2D eigenvalue weighted by Crippen LogP contribution is 2.32. The molecule has 24 heavy (non-hydrogen) atoms. The number of alkyl halides is 3. The molecule has 0 spiro atoms. The molecule has 0 atom stereocenters. The number of anilines is 1. The average Bonchev–Trinajstić information content (AvgIpc) is 3.01. The Balaban J connectivity index is 2.03. The summed E-state index contributed by atoms with van der Waals surface area (Å²) in [4.78, 5) is 11.7. The van der Waals surface area contributed by atoms with E-state index in [9.17, 15) is 30.8 Å². The van der Waals surface area contributed by atoms with Crippen LogP contribution >= 0.6 is 11.3 Å². The van der Waals surface area contributed by atoms with Crippen LogP contribution in [0.5, 0.6) is 0 Å². The van der Waals surface area contributed by atoms with E-state index in [1.165, 1.54) is 17.5 Å². The average molecular weight is 382 g/mol. The molecule has 5 nitrogen and oxygen atoms in total. The molecule has 2 aromatic rings. The monoisotopic (exact) mass is 382 g/mol. The van der Waals surface area contributed by atoms with Crippen LogP contribution in [0.25, 0.3) is 0 Å². The molecule has 1 amide bonds. The summed E-state index contributed by atoms with van der Waals surface area (Å²) < 4.78 is 76.5. The normalized spacial score (nSPS) is 12.2. The maximum atomic E-state index is 13.1. The summed E-state index contributed by atoms with van der Waals surface area (Å²) in [6.07, 6.45) is -4.91. The zero-order valence-corrected chi connectivity index (χ0v) is 13.4. The lowest BCUT2D eigenvalue weighted by atomic mass is 10.2. The number of carbonyl (C=O) groups excluding carboxylic acids is 1. The number of halogens is 4. The summed E-state index contributed by atoms with van der Waals surface area (Å²) in [5.41, 5.74) is -1.83. The minimum atomic E-state index is -4.91. The van der Waals surface area contributed by atoms with E-state index in [1.54, 1.807) is 0 Å². The maximum Gasteiger partial charge on any atom is 0.419 e. The Bertz CT molecular complexity index is 833. The molecule has 1 aromatic carbocycles. The summed E-state index contributed by atoms with van der Waals surface area (Å²) in [5.74, 6) is -2.37. The molecule has 0 saturated carbocycles. The van der Waals surface area contributed by atoms with E-state index >= 15 is 0 Å². The van der Waals surface area contributed by atoms with Gasteiger partial charge < -0.3 is 5.32 Å². The largest absolute Gasteiger partial charge is 0.419 e. The van der Waals surface area contributed by atoms with Crippen LogP contribution < -0.4 is 10.0 Å². The molecule has 0 saturated heterocycles. The topological polar surface area (TPSA) is 75.3 Å². The highest BCUT2D eigenvalue weighted by atomic mass is 32.2. The molecule has 2 N–H and O–H groups in total. The smallest absolute Gasteiger partial charge is 0.325 e. The molecule has 0 aliphatic heterocycles. The minimum absolute atomic E-state index is 0.00330. The second-order valence-corrected chi connectivity index (χ2v) is 7.44. The molecule has 0 unspecified atom stereocenters. The van der Waals surface area contributed by atoms with Gasteiger partial charge in [-0.15, -0.1) is 11.3 Å². The van der Waals surface area contributed by atoms with Crippen LogP contribution in [0.3, 0.4) is 0 Å². The SMILES string of the molecule is O=C(CNS(=O)(=O)c1cccs1)Nc1ccc(F)c(C(F)(F)F)c1. The lowest BCUT2D eigenvalue weighted by Crippen LogP contribution is -2.32. The zero-order valence-electron chi connectivity index (χ0n) is 11.7. The molecule has 0 fully saturated rings. The highest BCUT2D eigenvalue weighted by Gasteiger charge is 2.34. The minimum Gasteiger partial charge on any atom is -0.325 e. The molecule has 1 heterocycles. The van der Waals surface area contributed by atoms with Gasteiger partial charge in [0.1, 0.15) is 10.0 Å². The summed E-state index contributed by atoms with van der Waals surface area (Å²) in [5, 5.41) is 3.60. The highest BCUT2D eigenvalue weighted by molar-refractivity contribution is 7.91. The van der Waals surface area contributed by atoms with Crippen LogP contribution in [0.1, 0.15) is 5.56 Å². The number of sulfonamides is 1. The molecule has 0 radical (unpaired) electrons. The van der Waals surface area contributed by atoms with Crippen molar-refractivity contribution in [2.45, 2.75) is 10.4 Å². The molecule has 130 valence electrons. The Labute approximate surface area is 138 Å². The van der Waals surface area contributed by atoms with Crippen molar-refractivity contribution in [2.24, 2.45) is 0 Å². The molecule has 0 bridgehead atoms. The molecule has 11 heteroatoms. The van der Waals surface area contributed by atoms with Crippen molar-refractivity contribution in [2.75, 3.05) is 11.9 Å². The van der Waals surface area contributed by atoms with E-state index in [1.807, 2.05) is 4.72 Å². The van der Waals surface area contributed by atoms with Gasteiger partial charge in [-0.25, -0.2) is 17.5 Å². The zero-order chi connectivity index (χ0) is 18.0. The van der Waals surface area contributed by atoms with Crippen LogP contribution in [0, 0.1) is 5.82 Å². The fraction of sp³-hybridized carbons (Fsp3) is 0.154. The Morgan fingerprint density at radius 2 is 1.92 bits per heavy atom. The number of thiophene rings is 1. The molecule has 1 aromatic heterocycles. The van der Waals surface area contributed by atoms with Crippen LogP contribution in [0.15, 0.2) is 39.9 Å². The third kappa shape index (κ3) is 4.52. The lowest BCUT2D eigenvalue weighted by Gasteiger charge is -2.11. The number of carbonyl (C=O) groups is 1. The molecule has 0 aliphatic rings. The number of benzene rings is 1. The van der Waals surface area contributed by atoms with E-state index in [4.69, 9.17) is 0 Å². The Morgan fingerprint density at radius 1 is 1.21 bits per heavy atom. The second-order valence-electron chi connectivity index (χ2n) is 4.50. The van der Waals surface area contributed by atoms with Gasteiger partial charge >= 0.3 is 6.18 Å². The predicted octanol–water partition coefficient (Wildman–Crippen LogP) is 2.82. The van der Waals surface area contributed by atoms with E-state index < -0.39 is 40.0 Å². The van der Waals surface area contributed by atoms with Gasteiger partial charge in [0.15, 0.2) is 0 Å². The summed E-state index contributed by atoms with van der Waals surface area (Å²) >= 11 is 0.943. The van der Waals surface area contributed by atoms with Crippen LogP contribution in [-0.2, 0) is 21.0 Å². The number of amides is 1. The quantitative estimate of drug-likeness (QED) is 0.781. The fourth-order valence-electron chi connectivity index (χ4n) is 1.67. The molecule has 0 aliphatic carbocycles. The fourth-order valence-corrected chi connectivity index (χ4v) is 3.69. The van der Waals surface area contributed by atoms with Crippen LogP contribution in [0.4, 0.5) is 23.2 Å². The van der Waals surface area contributed by atoms with E-state index in [0.29, 0.717) is 12.1 Å². The molecular weight excluding hydrogens is 372 g/mol. The summed E-state index contributed by atoms with van der Waals surface area (Å²) in [6, 6.07) is 4.78. The predicted molar refractivity (Wildman–Crippen MR) is 79.5 cm³/mol. The molecule has 2 rings (SSSR count). The van der Waals surface area contributed by atoms with Gasteiger partial charge in [-0.1, -0.05) is 6.07 Å². The number of nitrogens with one attached hydrogen (secondary N) is 2. The van der Waals surface area contributed by atoms with Crippen LogP contribution in [0.2, 0.25) is 0 Å². The van der Waals surface area contributed by atoms with Crippen molar-refractivity contribution in [3.05, 3.63) is 47.1 Å². The first-order valence-corrected chi connectivity index (χ1v) is 8.65. The van der Waals surface area contributed by atoms with Crippen molar-refractivity contribution in [3.8, 4) is 0 Å². The van der Waals surface area contributed by atoms with Crippen molar-refractivity contribution >= 4 is 33.0 Å². The Kier molecular flexibility index (Phi) is 5.26. The van der Waals surface area contributed by atoms with Gasteiger partial charge in [-0.3, -0.25) is 4.79 Å². The van der Waals surface area contributed by atoms with Gasteiger partial charge in [0.25, 0.3) is 10.0 Å². The van der Waals surface area contributed by atoms with Gasteiger partial charge in [0.2, 0.25) is 5.91 Å². The lowest BCUT2D eigenvalue weighted by molar-refractivity contribution is -0.140. The third-order valence-electron chi connectivity index (χ3n) is 2.74. The molecular formula is C13H10F4N2O3S2. The van der Waals surface area contributed by atoms with Gasteiger partial charge in [-0.2, -0.15) is 13.2 Å². The standard InChI is InChI=1S/C13H10F4N2O3S2/c14-10-4-3-8(6-9(10)13(15,16)17)19-11(20)7-18-24(21,22)12-2-1-5-23-12/h1-6,18H,7H2,(H,19,20). The Hall–Kier alpha value is -1.98. The van der Waals surface area contributed by atoms with E-state index in [-0.39, 0.29) is 9.90 Å². The number of rotatable bonds is 5. The van der Waals surface area contributed by atoms with Gasteiger partial charge in [0, 0.05) is 5.69 Å². The van der Waals surface area contributed by atoms with Gasteiger partial charge in [-0.05, 0) is 29.6 Å². The Morgan fingerprint density at radius 3 is 2.50 bits per heavy atom. The van der Waals surface area contributed by atoms with Crippen molar-refractivity contribution in [1.82, 2.24) is 4.72 Å². The van der Waals surface area contributed by atoms with Gasteiger partial charge in [0.05, 0.1) is 12.1 Å².